The highest BCUT2D eigenvalue weighted by Crippen LogP contribution is 2.24. The fourth-order valence-electron chi connectivity index (χ4n) is 4.00. The fourth-order valence-corrected chi connectivity index (χ4v) is 4.00. The fraction of sp³-hybridized carbons (Fsp3) is 0.333. The lowest BCUT2D eigenvalue weighted by Crippen LogP contribution is -2.48. The molecule has 4 rings (SSSR count). The summed E-state index contributed by atoms with van der Waals surface area (Å²) in [5, 5.41) is 7.69. The molecule has 1 N–H and O–H groups in total. The largest absolute Gasteiger partial charge is 0.497 e. The Kier molecular flexibility index (Phi) is 6.23. The summed E-state index contributed by atoms with van der Waals surface area (Å²) in [6.07, 6.45) is 0. The van der Waals surface area contributed by atoms with Crippen LogP contribution in [-0.4, -0.2) is 60.4 Å². The van der Waals surface area contributed by atoms with Crippen LogP contribution >= 0.6 is 0 Å². The highest BCUT2D eigenvalue weighted by molar-refractivity contribution is 5.93. The average molecular weight is 420 g/mol. The minimum Gasteiger partial charge on any atom is -0.497 e. The number of rotatable bonds is 6. The molecule has 0 aliphatic carbocycles. The van der Waals surface area contributed by atoms with Crippen LogP contribution in [0.3, 0.4) is 0 Å². The van der Waals surface area contributed by atoms with Crippen molar-refractivity contribution in [3.05, 3.63) is 66.0 Å². The number of benzene rings is 2. The molecule has 0 bridgehead atoms. The maximum atomic E-state index is 12.7. The second kappa shape index (κ2) is 9.22. The van der Waals surface area contributed by atoms with Crippen LogP contribution < -0.4 is 15.0 Å². The molecule has 1 saturated heterocycles. The van der Waals surface area contributed by atoms with E-state index in [1.807, 2.05) is 61.0 Å². The Morgan fingerprint density at radius 3 is 2.42 bits per heavy atom. The van der Waals surface area contributed by atoms with Gasteiger partial charge in [-0.3, -0.25) is 9.69 Å². The Bertz CT molecular complexity index is 1040. The Hall–Kier alpha value is -3.32. The number of amides is 1. The van der Waals surface area contributed by atoms with Gasteiger partial charge in [-0.05, 0) is 38.1 Å². The van der Waals surface area contributed by atoms with Gasteiger partial charge in [0.1, 0.15) is 5.75 Å². The average Bonchev–Trinajstić information content (AvgIpc) is 3.08. The second-order valence-corrected chi connectivity index (χ2v) is 7.81. The van der Waals surface area contributed by atoms with Crippen molar-refractivity contribution in [2.45, 2.75) is 13.8 Å². The molecule has 1 fully saturated rings. The molecule has 1 aromatic heterocycles. The van der Waals surface area contributed by atoms with Crippen molar-refractivity contribution in [3.8, 4) is 11.4 Å². The lowest BCUT2D eigenvalue weighted by Gasteiger charge is -2.35. The van der Waals surface area contributed by atoms with Gasteiger partial charge in [-0.2, -0.15) is 5.10 Å². The van der Waals surface area contributed by atoms with Crippen LogP contribution in [0.5, 0.6) is 5.75 Å². The quantitative estimate of drug-likeness (QED) is 0.665. The first kappa shape index (κ1) is 20.9. The molecule has 1 amide bonds. The monoisotopic (exact) mass is 419 g/mol. The normalized spacial score (nSPS) is 14.5. The predicted molar refractivity (Wildman–Crippen MR) is 123 cm³/mol. The molecule has 7 nitrogen and oxygen atoms in total. The third-order valence-electron chi connectivity index (χ3n) is 5.71. The van der Waals surface area contributed by atoms with Crippen molar-refractivity contribution in [1.82, 2.24) is 14.7 Å². The van der Waals surface area contributed by atoms with Gasteiger partial charge in [0.25, 0.3) is 0 Å². The van der Waals surface area contributed by atoms with E-state index in [0.717, 1.165) is 60.4 Å². The van der Waals surface area contributed by atoms with Gasteiger partial charge in [0.05, 0.1) is 36.4 Å². The molecule has 2 heterocycles. The Balaban J connectivity index is 1.34. The van der Waals surface area contributed by atoms with Crippen LogP contribution in [0.2, 0.25) is 0 Å². The number of methoxy groups -OCH3 is 1. The Labute approximate surface area is 183 Å². The molecule has 0 atom stereocenters. The number of hydrogen-bond donors (Lipinski definition) is 1. The molecule has 0 unspecified atom stereocenters. The van der Waals surface area contributed by atoms with Crippen molar-refractivity contribution in [2.24, 2.45) is 0 Å². The van der Waals surface area contributed by atoms with E-state index >= 15 is 0 Å². The number of nitrogens with one attached hydrogen (secondary N) is 1. The number of para-hydroxylation sites is 1. The minimum atomic E-state index is -0.00589. The first-order valence-corrected chi connectivity index (χ1v) is 10.6. The van der Waals surface area contributed by atoms with Crippen LogP contribution in [0.4, 0.5) is 11.4 Å². The molecule has 0 spiro atoms. The topological polar surface area (TPSA) is 62.6 Å². The molecular formula is C24H29N5O2. The van der Waals surface area contributed by atoms with E-state index in [-0.39, 0.29) is 5.91 Å². The number of nitrogens with zero attached hydrogens (tertiary/aromatic N) is 4. The summed E-state index contributed by atoms with van der Waals surface area (Å²) in [6.45, 7) is 7.72. The molecule has 162 valence electrons. The van der Waals surface area contributed by atoms with E-state index in [2.05, 4.69) is 32.3 Å². The molecular weight excluding hydrogens is 390 g/mol. The van der Waals surface area contributed by atoms with Crippen LogP contribution in [0.15, 0.2) is 54.6 Å². The van der Waals surface area contributed by atoms with Crippen LogP contribution in [-0.2, 0) is 4.79 Å². The first-order valence-electron chi connectivity index (χ1n) is 10.6. The van der Waals surface area contributed by atoms with E-state index < -0.39 is 0 Å². The van der Waals surface area contributed by atoms with E-state index in [4.69, 9.17) is 4.74 Å². The van der Waals surface area contributed by atoms with Crippen molar-refractivity contribution in [1.29, 1.82) is 0 Å². The summed E-state index contributed by atoms with van der Waals surface area (Å²) in [5.41, 5.74) is 4.68. The number of aromatic nitrogens is 2. The molecule has 31 heavy (non-hydrogen) atoms. The summed E-state index contributed by atoms with van der Waals surface area (Å²) in [6, 6.07) is 18.1. The Morgan fingerprint density at radius 1 is 1.00 bits per heavy atom. The highest BCUT2D eigenvalue weighted by atomic mass is 16.5. The zero-order chi connectivity index (χ0) is 21.8. The predicted octanol–water partition coefficient (Wildman–Crippen LogP) is 3.26. The van der Waals surface area contributed by atoms with Crippen molar-refractivity contribution < 1.29 is 9.53 Å². The molecule has 1 aliphatic rings. The summed E-state index contributed by atoms with van der Waals surface area (Å²) in [7, 11) is 1.68. The number of anilines is 2. The summed E-state index contributed by atoms with van der Waals surface area (Å²) in [5.74, 6) is 0.856. The van der Waals surface area contributed by atoms with E-state index in [0.29, 0.717) is 6.54 Å². The standard InChI is InChI=1S/C24H29N5O2/c1-18-24(19(2)29(26-18)20-8-5-4-6-9-20)25-23(30)17-27-12-14-28(15-13-27)21-10-7-11-22(16-21)31-3/h4-11,16H,12-15,17H2,1-3H3,(H,25,30). The summed E-state index contributed by atoms with van der Waals surface area (Å²) in [4.78, 5) is 17.3. The molecule has 7 heteroatoms. The molecule has 3 aromatic rings. The maximum absolute atomic E-state index is 12.7. The zero-order valence-corrected chi connectivity index (χ0v) is 18.3. The SMILES string of the molecule is COc1cccc(N2CCN(CC(=O)Nc3c(C)nn(-c4ccccc4)c3C)CC2)c1. The van der Waals surface area contributed by atoms with E-state index in [1.54, 1.807) is 7.11 Å². The van der Waals surface area contributed by atoms with Crippen molar-refractivity contribution >= 4 is 17.3 Å². The van der Waals surface area contributed by atoms with E-state index in [9.17, 15) is 4.79 Å². The number of piperazine rings is 1. The number of carbonyl (C=O) groups is 1. The summed E-state index contributed by atoms with van der Waals surface area (Å²) >= 11 is 0. The first-order chi connectivity index (χ1) is 15.0. The second-order valence-electron chi connectivity index (χ2n) is 7.81. The number of aryl methyl sites for hydroxylation is 1. The zero-order valence-electron chi connectivity index (χ0n) is 18.3. The lowest BCUT2D eigenvalue weighted by molar-refractivity contribution is -0.117. The van der Waals surface area contributed by atoms with Crippen molar-refractivity contribution in [2.75, 3.05) is 50.1 Å². The van der Waals surface area contributed by atoms with Gasteiger partial charge in [-0.25, -0.2) is 4.68 Å². The molecule has 1 aliphatic heterocycles. The Morgan fingerprint density at radius 2 is 1.71 bits per heavy atom. The van der Waals surface area contributed by atoms with E-state index in [1.165, 1.54) is 0 Å². The third-order valence-corrected chi connectivity index (χ3v) is 5.71. The maximum Gasteiger partial charge on any atom is 0.238 e. The van der Waals surface area contributed by atoms with Gasteiger partial charge in [0.15, 0.2) is 0 Å². The van der Waals surface area contributed by atoms with Crippen LogP contribution in [0, 0.1) is 13.8 Å². The minimum absolute atomic E-state index is 0.00589. The van der Waals surface area contributed by atoms with Crippen LogP contribution in [0.25, 0.3) is 5.69 Å². The number of hydrogen-bond acceptors (Lipinski definition) is 5. The van der Waals surface area contributed by atoms with Gasteiger partial charge in [0, 0.05) is 37.9 Å². The lowest BCUT2D eigenvalue weighted by atomic mass is 10.2. The van der Waals surface area contributed by atoms with Gasteiger partial charge in [0.2, 0.25) is 5.91 Å². The van der Waals surface area contributed by atoms with Crippen LogP contribution in [0.1, 0.15) is 11.4 Å². The number of ether oxygens (including phenoxy) is 1. The molecule has 0 radical (unpaired) electrons. The molecule has 2 aromatic carbocycles. The number of carbonyl (C=O) groups excluding carboxylic acids is 1. The third kappa shape index (κ3) is 4.72. The van der Waals surface area contributed by atoms with Gasteiger partial charge in [-0.1, -0.05) is 24.3 Å². The van der Waals surface area contributed by atoms with Crippen molar-refractivity contribution in [3.63, 3.8) is 0 Å². The highest BCUT2D eigenvalue weighted by Gasteiger charge is 2.21. The van der Waals surface area contributed by atoms with Gasteiger partial charge >= 0.3 is 0 Å². The molecule has 0 saturated carbocycles. The smallest absolute Gasteiger partial charge is 0.238 e. The summed E-state index contributed by atoms with van der Waals surface area (Å²) < 4.78 is 7.20. The van der Waals surface area contributed by atoms with Gasteiger partial charge < -0.3 is 15.0 Å². The van der Waals surface area contributed by atoms with Gasteiger partial charge in [-0.15, -0.1) is 0 Å².